The smallest absolute Gasteiger partial charge is 0.305 e. The number of nitrogens with zero attached hydrogens (tertiary/aromatic N) is 1. The molecule has 0 bridgehead atoms. The van der Waals surface area contributed by atoms with Crippen LogP contribution in [0, 0.1) is 0 Å². The van der Waals surface area contributed by atoms with Crippen LogP contribution in [0.1, 0.15) is 41.0 Å². The molecule has 0 spiro atoms. The molecular formula is C20H19ClN2O3S. The van der Waals surface area contributed by atoms with Crippen LogP contribution in [0.25, 0.3) is 11.3 Å². The molecular weight excluding hydrogens is 384 g/mol. The average molecular weight is 403 g/mol. The molecule has 0 aliphatic heterocycles. The Hall–Kier alpha value is -2.57. The summed E-state index contributed by atoms with van der Waals surface area (Å²) in [6.45, 7) is 5.54. The number of hydrogen-bond acceptors (Lipinski definition) is 4. The maximum atomic E-state index is 12.8. The number of carbonyl (C=O) groups is 2. The minimum Gasteiger partial charge on any atom is -0.451 e. The molecule has 140 valence electrons. The Morgan fingerprint density at radius 2 is 1.78 bits per heavy atom. The first-order chi connectivity index (χ1) is 12.8. The first-order valence-electron chi connectivity index (χ1n) is 8.30. The molecule has 2 amide bonds. The third kappa shape index (κ3) is 4.40. The second kappa shape index (κ2) is 7.58. The molecule has 0 saturated carbocycles. The summed E-state index contributed by atoms with van der Waals surface area (Å²) in [6, 6.07) is 13.9. The van der Waals surface area contributed by atoms with Gasteiger partial charge in [0.05, 0.1) is 10.4 Å². The molecule has 1 aromatic carbocycles. The minimum absolute atomic E-state index is 0.119. The Bertz CT molecular complexity index is 941. The molecule has 0 aliphatic rings. The highest BCUT2D eigenvalue weighted by Gasteiger charge is 2.30. The molecule has 2 aromatic heterocycles. The number of halogens is 1. The van der Waals surface area contributed by atoms with Gasteiger partial charge in [-0.2, -0.15) is 0 Å². The van der Waals surface area contributed by atoms with Gasteiger partial charge in [-0.25, -0.2) is 5.01 Å². The number of carbonyl (C=O) groups excluding carboxylic acids is 2. The maximum Gasteiger partial charge on any atom is 0.305 e. The van der Waals surface area contributed by atoms with Crippen LogP contribution in [-0.2, 0) is 0 Å². The van der Waals surface area contributed by atoms with E-state index in [0.29, 0.717) is 15.7 Å². The molecule has 5 nitrogen and oxygen atoms in total. The van der Waals surface area contributed by atoms with Gasteiger partial charge < -0.3 is 4.42 Å². The third-order valence-electron chi connectivity index (χ3n) is 3.78. The van der Waals surface area contributed by atoms with Gasteiger partial charge in [-0.15, -0.1) is 11.3 Å². The summed E-state index contributed by atoms with van der Waals surface area (Å²) in [4.78, 5) is 26.0. The van der Waals surface area contributed by atoms with Crippen LogP contribution < -0.4 is 5.43 Å². The lowest BCUT2D eigenvalue weighted by Gasteiger charge is -2.34. The van der Waals surface area contributed by atoms with E-state index >= 15 is 0 Å². The van der Waals surface area contributed by atoms with Gasteiger partial charge in [-0.05, 0) is 68.6 Å². The largest absolute Gasteiger partial charge is 0.451 e. The van der Waals surface area contributed by atoms with E-state index in [-0.39, 0.29) is 11.7 Å². The van der Waals surface area contributed by atoms with Crippen molar-refractivity contribution in [3.63, 3.8) is 0 Å². The fraction of sp³-hybridized carbons (Fsp3) is 0.200. The van der Waals surface area contributed by atoms with Crippen LogP contribution in [0.3, 0.4) is 0 Å². The molecule has 0 fully saturated rings. The molecule has 0 radical (unpaired) electrons. The Morgan fingerprint density at radius 1 is 1.07 bits per heavy atom. The van der Waals surface area contributed by atoms with Crippen molar-refractivity contribution in [3.8, 4) is 11.3 Å². The number of benzene rings is 1. The van der Waals surface area contributed by atoms with E-state index in [1.165, 1.54) is 16.3 Å². The van der Waals surface area contributed by atoms with Gasteiger partial charge in [0.15, 0.2) is 5.76 Å². The Balaban J connectivity index is 1.80. The average Bonchev–Trinajstić information content (AvgIpc) is 3.30. The number of hydrogen-bond donors (Lipinski definition) is 1. The first-order valence-corrected chi connectivity index (χ1v) is 9.56. The van der Waals surface area contributed by atoms with Gasteiger partial charge in [0.1, 0.15) is 5.76 Å². The van der Waals surface area contributed by atoms with E-state index in [2.05, 4.69) is 5.43 Å². The normalized spacial score (nSPS) is 11.3. The Morgan fingerprint density at radius 3 is 2.37 bits per heavy atom. The lowest BCUT2D eigenvalue weighted by Crippen LogP contribution is -2.55. The topological polar surface area (TPSA) is 62.6 Å². The highest BCUT2D eigenvalue weighted by Crippen LogP contribution is 2.24. The van der Waals surface area contributed by atoms with Gasteiger partial charge in [0.25, 0.3) is 5.91 Å². The quantitative estimate of drug-likeness (QED) is 0.609. The van der Waals surface area contributed by atoms with Crippen LogP contribution in [0.5, 0.6) is 0 Å². The zero-order valence-corrected chi connectivity index (χ0v) is 16.7. The standard InChI is InChI=1S/C20H19ClN2O3S/c1-20(2,3)23(19(25)17-5-4-12-27-17)22-18(24)16-11-10-15(26-16)13-6-8-14(21)9-7-13/h4-12H,1-3H3,(H,22,24). The number of furan rings is 1. The van der Waals surface area contributed by atoms with Crippen LogP contribution in [0.2, 0.25) is 5.02 Å². The highest BCUT2D eigenvalue weighted by atomic mass is 35.5. The van der Waals surface area contributed by atoms with E-state index in [0.717, 1.165) is 5.56 Å². The number of nitrogens with one attached hydrogen (secondary N) is 1. The van der Waals surface area contributed by atoms with E-state index < -0.39 is 11.4 Å². The van der Waals surface area contributed by atoms with Crippen molar-refractivity contribution in [2.24, 2.45) is 0 Å². The molecule has 3 aromatic rings. The molecule has 3 rings (SSSR count). The molecule has 0 unspecified atom stereocenters. The van der Waals surface area contributed by atoms with Gasteiger partial charge in [0.2, 0.25) is 0 Å². The van der Waals surface area contributed by atoms with Crippen molar-refractivity contribution in [1.82, 2.24) is 10.4 Å². The lowest BCUT2D eigenvalue weighted by molar-refractivity contribution is 0.0353. The number of rotatable bonds is 3. The van der Waals surface area contributed by atoms with E-state index in [4.69, 9.17) is 16.0 Å². The predicted octanol–water partition coefficient (Wildman–Crippen LogP) is 5.25. The van der Waals surface area contributed by atoms with Crippen molar-refractivity contribution >= 4 is 34.8 Å². The summed E-state index contributed by atoms with van der Waals surface area (Å²) >= 11 is 7.22. The zero-order valence-electron chi connectivity index (χ0n) is 15.2. The van der Waals surface area contributed by atoms with Crippen LogP contribution in [0.15, 0.2) is 58.3 Å². The maximum absolute atomic E-state index is 12.8. The second-order valence-corrected chi connectivity index (χ2v) is 8.28. The van der Waals surface area contributed by atoms with E-state index in [1.807, 2.05) is 38.3 Å². The Labute approximate surface area is 166 Å². The predicted molar refractivity (Wildman–Crippen MR) is 107 cm³/mol. The molecule has 27 heavy (non-hydrogen) atoms. The molecule has 0 aliphatic carbocycles. The van der Waals surface area contributed by atoms with Crippen LogP contribution in [0.4, 0.5) is 0 Å². The summed E-state index contributed by atoms with van der Waals surface area (Å²) in [5, 5.41) is 3.77. The number of amides is 2. The van der Waals surface area contributed by atoms with Crippen molar-refractivity contribution in [3.05, 3.63) is 69.6 Å². The van der Waals surface area contributed by atoms with Crippen molar-refractivity contribution in [1.29, 1.82) is 0 Å². The second-order valence-electron chi connectivity index (χ2n) is 6.90. The molecule has 0 atom stereocenters. The summed E-state index contributed by atoms with van der Waals surface area (Å²) in [6.07, 6.45) is 0. The lowest BCUT2D eigenvalue weighted by atomic mass is 10.1. The van der Waals surface area contributed by atoms with Crippen LogP contribution >= 0.6 is 22.9 Å². The monoisotopic (exact) mass is 402 g/mol. The number of thiophene rings is 1. The van der Waals surface area contributed by atoms with E-state index in [9.17, 15) is 9.59 Å². The van der Waals surface area contributed by atoms with E-state index in [1.54, 1.807) is 36.4 Å². The fourth-order valence-corrected chi connectivity index (χ4v) is 3.20. The molecule has 7 heteroatoms. The summed E-state index contributed by atoms with van der Waals surface area (Å²) < 4.78 is 5.66. The minimum atomic E-state index is -0.609. The van der Waals surface area contributed by atoms with Crippen molar-refractivity contribution in [2.75, 3.05) is 0 Å². The summed E-state index contributed by atoms with van der Waals surface area (Å²) in [7, 11) is 0. The third-order valence-corrected chi connectivity index (χ3v) is 4.89. The van der Waals surface area contributed by atoms with Gasteiger partial charge >= 0.3 is 5.91 Å². The molecule has 0 saturated heterocycles. The highest BCUT2D eigenvalue weighted by molar-refractivity contribution is 7.12. The fourth-order valence-electron chi connectivity index (χ4n) is 2.42. The SMILES string of the molecule is CC(C)(C)N(NC(=O)c1ccc(-c2ccc(Cl)cc2)o1)C(=O)c1cccs1. The first kappa shape index (κ1) is 19.2. The summed E-state index contributed by atoms with van der Waals surface area (Å²) in [5.74, 6) is -0.0951. The Kier molecular flexibility index (Phi) is 5.39. The van der Waals surface area contributed by atoms with Crippen LogP contribution in [-0.4, -0.2) is 22.4 Å². The van der Waals surface area contributed by atoms with Gasteiger partial charge in [-0.3, -0.25) is 15.0 Å². The van der Waals surface area contributed by atoms with Crippen molar-refractivity contribution < 1.29 is 14.0 Å². The zero-order chi connectivity index (χ0) is 19.6. The van der Waals surface area contributed by atoms with Crippen molar-refractivity contribution in [2.45, 2.75) is 26.3 Å². The molecule has 2 heterocycles. The van der Waals surface area contributed by atoms with Gasteiger partial charge in [-0.1, -0.05) is 17.7 Å². The van der Waals surface area contributed by atoms with Gasteiger partial charge in [0, 0.05) is 10.6 Å². The molecule has 1 N–H and O–H groups in total. The number of hydrazine groups is 1. The summed E-state index contributed by atoms with van der Waals surface area (Å²) in [5.41, 5.74) is 2.87.